The lowest BCUT2D eigenvalue weighted by atomic mass is 10.1. The number of hydrogen-bond acceptors (Lipinski definition) is 12. The van der Waals surface area contributed by atoms with Crippen LogP contribution in [-0.4, -0.2) is 91.8 Å². The predicted octanol–water partition coefficient (Wildman–Crippen LogP) is -1.58. The summed E-state index contributed by atoms with van der Waals surface area (Å²) in [5.74, 6) is -1.19. The number of nitrogens with zero attached hydrogens (tertiary/aromatic N) is 4. The van der Waals surface area contributed by atoms with E-state index in [2.05, 4.69) is 25.6 Å². The van der Waals surface area contributed by atoms with Gasteiger partial charge in [-0.15, -0.1) is 0 Å². The van der Waals surface area contributed by atoms with Gasteiger partial charge in [-0.25, -0.2) is 15.0 Å². The molecule has 0 radical (unpaired) electrons. The van der Waals surface area contributed by atoms with E-state index in [4.69, 9.17) is 20.8 Å². The summed E-state index contributed by atoms with van der Waals surface area (Å²) in [4.78, 5) is 38.0. The molecule has 15 nitrogen and oxygen atoms in total. The summed E-state index contributed by atoms with van der Waals surface area (Å²) in [6, 6.07) is 7.39. The number of nitrogens with one attached hydrogen (secondary N) is 2. The van der Waals surface area contributed by atoms with Crippen molar-refractivity contribution in [2.75, 3.05) is 23.8 Å². The number of amides is 2. The topological polar surface area (TPSA) is 238 Å². The Morgan fingerprint density at radius 3 is 2.67 bits per heavy atom. The van der Waals surface area contributed by atoms with Crippen molar-refractivity contribution in [1.82, 2.24) is 30.2 Å². The molecule has 1 aromatic carbocycles. The lowest BCUT2D eigenvalue weighted by Crippen LogP contribution is -2.56. The fraction of sp³-hybridized carbons (Fsp3) is 0.409. The number of ether oxygens (including phenoxy) is 1. The number of carbonyl (C=O) groups is 2. The number of anilines is 1. The maximum absolute atomic E-state index is 12.9. The third-order valence-electron chi connectivity index (χ3n) is 5.91. The first-order valence-electron chi connectivity index (χ1n) is 11.7. The summed E-state index contributed by atoms with van der Waals surface area (Å²) < 4.78 is 38.2. The van der Waals surface area contributed by atoms with Crippen LogP contribution in [0, 0.1) is 0 Å². The molecule has 0 bridgehead atoms. The molecule has 0 spiro atoms. The van der Waals surface area contributed by atoms with Crippen molar-refractivity contribution < 1.29 is 32.4 Å². The van der Waals surface area contributed by atoms with Crippen LogP contribution in [0.5, 0.6) is 0 Å². The minimum absolute atomic E-state index is 0.0922. The van der Waals surface area contributed by atoms with Gasteiger partial charge < -0.3 is 31.9 Å². The lowest BCUT2D eigenvalue weighted by Gasteiger charge is -2.23. The van der Waals surface area contributed by atoms with Crippen molar-refractivity contribution >= 4 is 50.7 Å². The molecule has 2 aromatic heterocycles. The molecule has 2 amide bonds. The van der Waals surface area contributed by atoms with Gasteiger partial charge in [-0.1, -0.05) is 30.3 Å². The number of aromatic nitrogens is 4. The van der Waals surface area contributed by atoms with Crippen LogP contribution in [0.1, 0.15) is 11.8 Å². The van der Waals surface area contributed by atoms with E-state index in [0.29, 0.717) is 5.75 Å². The van der Waals surface area contributed by atoms with Crippen molar-refractivity contribution in [2.24, 2.45) is 5.73 Å². The van der Waals surface area contributed by atoms with Gasteiger partial charge in [-0.05, 0) is 5.56 Å². The highest BCUT2D eigenvalue weighted by molar-refractivity contribution is 7.98. The van der Waals surface area contributed by atoms with Gasteiger partial charge in [-0.3, -0.25) is 18.7 Å². The first kappa shape index (κ1) is 28.7. The average molecular weight is 581 g/mol. The Labute approximate surface area is 227 Å². The summed E-state index contributed by atoms with van der Waals surface area (Å²) >= 11 is 1.45. The molecular formula is C22H28N8O7S2. The number of thioether (sulfide) groups is 1. The third kappa shape index (κ3) is 7.00. The SMILES string of the molecule is Nc1ncnc2c1ncn2[C@@H]1O[C@H](C(=O)NCCS(=O)(=O)O)[C@@H](NC(=O)[C@H](N)CSCc2ccccc2)[C@H]1O. The van der Waals surface area contributed by atoms with Gasteiger partial charge >= 0.3 is 0 Å². The Hall–Kier alpha value is -3.35. The Morgan fingerprint density at radius 1 is 1.21 bits per heavy atom. The van der Waals surface area contributed by atoms with Gasteiger partial charge in [0.2, 0.25) is 5.91 Å². The zero-order chi connectivity index (χ0) is 28.2. The molecule has 0 saturated carbocycles. The molecule has 3 aromatic rings. The Kier molecular flexibility index (Phi) is 8.98. The molecule has 1 fully saturated rings. The first-order chi connectivity index (χ1) is 18.5. The molecule has 17 heteroatoms. The largest absolute Gasteiger partial charge is 0.386 e. The predicted molar refractivity (Wildman–Crippen MR) is 142 cm³/mol. The van der Waals surface area contributed by atoms with E-state index in [9.17, 15) is 23.1 Å². The van der Waals surface area contributed by atoms with E-state index in [1.165, 1.54) is 29.0 Å². The molecule has 8 N–H and O–H groups in total. The van der Waals surface area contributed by atoms with Crippen LogP contribution in [0.3, 0.4) is 0 Å². The van der Waals surface area contributed by atoms with E-state index in [-0.39, 0.29) is 22.7 Å². The minimum Gasteiger partial charge on any atom is -0.386 e. The van der Waals surface area contributed by atoms with Crippen molar-refractivity contribution in [1.29, 1.82) is 0 Å². The van der Waals surface area contributed by atoms with Crippen molar-refractivity contribution in [3.63, 3.8) is 0 Å². The van der Waals surface area contributed by atoms with E-state index in [1.54, 1.807) is 0 Å². The number of benzene rings is 1. The standard InChI is InChI=1S/C22H28N8O7S2/c23-13(9-38-8-12-4-2-1-3-5-12)20(32)29-14-16(31)22(30-11-28-15-18(24)26-10-27-19(15)30)37-17(14)21(33)25-6-7-39(34,35)36/h1-5,10-11,13-14,16-17,22,31H,6-9,23H2,(H,25,33)(H,29,32)(H2,24,26,27)(H,34,35,36)/t13-,14+,16-,17+,22-/m1/s1. The molecule has 3 heterocycles. The smallest absolute Gasteiger partial charge is 0.266 e. The highest BCUT2D eigenvalue weighted by atomic mass is 32.2. The molecule has 4 rings (SSSR count). The summed E-state index contributed by atoms with van der Waals surface area (Å²) in [6.45, 7) is -0.424. The second-order valence-corrected chi connectivity index (χ2v) is 11.3. The van der Waals surface area contributed by atoms with Crippen molar-refractivity contribution in [3.05, 3.63) is 48.5 Å². The summed E-state index contributed by atoms with van der Waals surface area (Å²) in [5, 5.41) is 16.1. The lowest BCUT2D eigenvalue weighted by molar-refractivity contribution is -0.135. The van der Waals surface area contributed by atoms with E-state index in [1.807, 2.05) is 30.3 Å². The number of aliphatic hydroxyl groups is 1. The number of aliphatic hydroxyl groups excluding tert-OH is 1. The number of nitrogens with two attached hydrogens (primary N) is 2. The fourth-order valence-electron chi connectivity index (χ4n) is 3.97. The minimum atomic E-state index is -4.33. The summed E-state index contributed by atoms with van der Waals surface area (Å²) in [7, 11) is -4.33. The molecule has 1 saturated heterocycles. The van der Waals surface area contributed by atoms with E-state index in [0.717, 1.165) is 5.56 Å². The molecular weight excluding hydrogens is 552 g/mol. The molecule has 1 aliphatic rings. The first-order valence-corrected chi connectivity index (χ1v) is 14.5. The average Bonchev–Trinajstić information content (AvgIpc) is 3.46. The van der Waals surface area contributed by atoms with Crippen LogP contribution in [0.15, 0.2) is 43.0 Å². The van der Waals surface area contributed by atoms with Crippen LogP contribution in [0.2, 0.25) is 0 Å². The molecule has 5 atom stereocenters. The second kappa shape index (κ2) is 12.2. The fourth-order valence-corrected chi connectivity index (χ4v) is 5.28. The number of fused-ring (bicyclic) bond motifs is 1. The summed E-state index contributed by atoms with van der Waals surface area (Å²) in [6.07, 6.45) is -1.65. The van der Waals surface area contributed by atoms with E-state index < -0.39 is 64.7 Å². The number of nitrogen functional groups attached to an aromatic ring is 1. The van der Waals surface area contributed by atoms with Gasteiger partial charge in [0.05, 0.1) is 24.2 Å². The monoisotopic (exact) mass is 580 g/mol. The molecule has 39 heavy (non-hydrogen) atoms. The normalized spacial score (nSPS) is 22.0. The number of carbonyl (C=O) groups excluding carboxylic acids is 2. The summed E-state index contributed by atoms with van der Waals surface area (Å²) in [5.41, 5.74) is 13.4. The molecule has 210 valence electrons. The van der Waals surface area contributed by atoms with Crippen LogP contribution in [0.4, 0.5) is 5.82 Å². The van der Waals surface area contributed by atoms with Crippen LogP contribution >= 0.6 is 11.8 Å². The second-order valence-electron chi connectivity index (χ2n) is 8.74. The Morgan fingerprint density at radius 2 is 1.95 bits per heavy atom. The number of hydrogen-bond donors (Lipinski definition) is 6. The van der Waals surface area contributed by atoms with Gasteiger partial charge in [0.1, 0.15) is 17.9 Å². The zero-order valence-corrected chi connectivity index (χ0v) is 22.1. The van der Waals surface area contributed by atoms with Crippen molar-refractivity contribution in [3.8, 4) is 0 Å². The maximum Gasteiger partial charge on any atom is 0.266 e. The van der Waals surface area contributed by atoms with Gasteiger partial charge in [0.15, 0.2) is 23.8 Å². The highest BCUT2D eigenvalue weighted by Gasteiger charge is 2.49. The van der Waals surface area contributed by atoms with Gasteiger partial charge in [0, 0.05) is 18.1 Å². The van der Waals surface area contributed by atoms with Crippen LogP contribution in [0.25, 0.3) is 11.2 Å². The van der Waals surface area contributed by atoms with Gasteiger partial charge in [-0.2, -0.15) is 20.2 Å². The molecule has 0 unspecified atom stereocenters. The Bertz CT molecular complexity index is 1420. The molecule has 0 aliphatic carbocycles. The van der Waals surface area contributed by atoms with Crippen molar-refractivity contribution in [2.45, 2.75) is 36.3 Å². The number of imidazole rings is 1. The number of rotatable bonds is 11. The highest BCUT2D eigenvalue weighted by Crippen LogP contribution is 2.32. The van der Waals surface area contributed by atoms with Gasteiger partial charge in [0.25, 0.3) is 16.0 Å². The third-order valence-corrected chi connectivity index (χ3v) is 7.76. The molecule has 1 aliphatic heterocycles. The maximum atomic E-state index is 12.9. The van der Waals surface area contributed by atoms with E-state index >= 15 is 0 Å². The zero-order valence-electron chi connectivity index (χ0n) is 20.5. The van der Waals surface area contributed by atoms with Crippen LogP contribution in [-0.2, 0) is 30.2 Å². The quantitative estimate of drug-likeness (QED) is 0.141. The van der Waals surface area contributed by atoms with Crippen LogP contribution < -0.4 is 22.1 Å². The Balaban J connectivity index is 1.48.